The van der Waals surface area contributed by atoms with Crippen molar-refractivity contribution in [3.8, 4) is 5.82 Å². The summed E-state index contributed by atoms with van der Waals surface area (Å²) >= 11 is 0. The van der Waals surface area contributed by atoms with Crippen LogP contribution < -0.4 is 10.6 Å². The molecule has 10 nitrogen and oxygen atoms in total. The van der Waals surface area contributed by atoms with Crippen molar-refractivity contribution in [2.24, 2.45) is 0 Å². The van der Waals surface area contributed by atoms with Crippen LogP contribution in [0.3, 0.4) is 0 Å². The third-order valence-electron chi connectivity index (χ3n) is 4.40. The number of carbonyl (C=O) groups is 1. The van der Waals surface area contributed by atoms with Gasteiger partial charge in [-0.15, -0.1) is 5.10 Å². The molecule has 1 aliphatic heterocycles. The van der Waals surface area contributed by atoms with Crippen molar-refractivity contribution in [2.45, 2.75) is 45.7 Å². The van der Waals surface area contributed by atoms with Gasteiger partial charge in [0, 0.05) is 0 Å². The Morgan fingerprint density at radius 1 is 1.46 bits per heavy atom. The van der Waals surface area contributed by atoms with Gasteiger partial charge >= 0.3 is 5.97 Å². The van der Waals surface area contributed by atoms with E-state index in [2.05, 4.69) is 32.2 Å². The van der Waals surface area contributed by atoms with Crippen LogP contribution in [-0.4, -0.2) is 50.5 Å². The Labute approximate surface area is 138 Å². The maximum Gasteiger partial charge on any atom is 0.361 e. The van der Waals surface area contributed by atoms with Crippen LogP contribution >= 0.6 is 0 Å². The molecule has 1 fully saturated rings. The molecule has 0 aromatic carbocycles. The second-order valence-corrected chi connectivity index (χ2v) is 5.97. The van der Waals surface area contributed by atoms with Gasteiger partial charge in [-0.3, -0.25) is 0 Å². The summed E-state index contributed by atoms with van der Waals surface area (Å²) in [6, 6.07) is 0.491. The molecular formula is C14H22N7O3+. The molecule has 1 aliphatic rings. The van der Waals surface area contributed by atoms with Crippen molar-refractivity contribution in [3.63, 3.8) is 0 Å². The zero-order valence-corrected chi connectivity index (χ0v) is 13.9. The van der Waals surface area contributed by atoms with E-state index in [9.17, 15) is 4.79 Å². The van der Waals surface area contributed by atoms with Crippen LogP contribution in [0.15, 0.2) is 4.63 Å². The van der Waals surface area contributed by atoms with E-state index in [0.717, 1.165) is 19.4 Å². The zero-order chi connectivity index (χ0) is 17.1. The second kappa shape index (κ2) is 6.95. The molecular weight excluding hydrogens is 314 g/mol. The molecule has 1 saturated heterocycles. The molecule has 2 atom stereocenters. The molecule has 24 heavy (non-hydrogen) atoms. The Hall–Kier alpha value is -2.49. The maximum absolute atomic E-state index is 12.2. The van der Waals surface area contributed by atoms with Gasteiger partial charge < -0.3 is 15.4 Å². The highest BCUT2D eigenvalue weighted by atomic mass is 16.6. The monoisotopic (exact) mass is 336 g/mol. The van der Waals surface area contributed by atoms with E-state index in [1.54, 1.807) is 6.92 Å². The van der Waals surface area contributed by atoms with Crippen LogP contribution in [0.2, 0.25) is 0 Å². The van der Waals surface area contributed by atoms with Gasteiger partial charge in [-0.2, -0.15) is 4.68 Å². The topological polar surface area (TPSA) is 126 Å². The summed E-state index contributed by atoms with van der Waals surface area (Å²) < 4.78 is 11.2. The minimum atomic E-state index is -0.502. The number of piperidine rings is 1. The zero-order valence-electron chi connectivity index (χ0n) is 13.9. The number of aromatic nitrogens is 5. The molecule has 2 aromatic rings. The van der Waals surface area contributed by atoms with Gasteiger partial charge in [0.05, 0.1) is 19.2 Å². The van der Waals surface area contributed by atoms with Crippen molar-refractivity contribution < 1.29 is 19.1 Å². The number of ether oxygens (including phenoxy) is 1. The summed E-state index contributed by atoms with van der Waals surface area (Å²) in [5.41, 5.74) is 6.56. The lowest BCUT2D eigenvalue weighted by Crippen LogP contribution is -3.15. The molecule has 1 unspecified atom stereocenters. The Bertz CT molecular complexity index is 711. The van der Waals surface area contributed by atoms with Crippen LogP contribution in [0.4, 0.5) is 5.82 Å². The first-order chi connectivity index (χ1) is 11.6. The standard InChI is InChI=1S/C14H21N7O3/c1-3-23-14(22)11-10(8-20-7-5-4-6-9(20)2)21(19-16-11)13-12(15)17-24-18-13/h9H,3-8H2,1-2H3,(H2,15,17)/p+1/t9-/m1/s1. The van der Waals surface area contributed by atoms with E-state index in [0.29, 0.717) is 18.3 Å². The van der Waals surface area contributed by atoms with Gasteiger partial charge in [-0.25, -0.2) is 9.42 Å². The summed E-state index contributed by atoms with van der Waals surface area (Å²) in [7, 11) is 0. The molecule has 0 bridgehead atoms. The molecule has 2 aromatic heterocycles. The van der Waals surface area contributed by atoms with Crippen LogP contribution in [0.1, 0.15) is 49.3 Å². The highest BCUT2D eigenvalue weighted by molar-refractivity contribution is 5.88. The Morgan fingerprint density at radius 2 is 2.29 bits per heavy atom. The Balaban J connectivity index is 1.97. The molecule has 3 rings (SSSR count). The largest absolute Gasteiger partial charge is 0.461 e. The van der Waals surface area contributed by atoms with Gasteiger partial charge in [-0.1, -0.05) is 5.21 Å². The summed E-state index contributed by atoms with van der Waals surface area (Å²) in [5.74, 6) is -0.173. The highest BCUT2D eigenvalue weighted by Gasteiger charge is 2.30. The number of anilines is 1. The summed E-state index contributed by atoms with van der Waals surface area (Å²) in [6.45, 7) is 5.83. The number of esters is 1. The van der Waals surface area contributed by atoms with E-state index in [-0.39, 0.29) is 23.9 Å². The molecule has 0 amide bonds. The maximum atomic E-state index is 12.2. The normalized spacial score (nSPS) is 20.9. The quantitative estimate of drug-likeness (QED) is 0.691. The van der Waals surface area contributed by atoms with Crippen LogP contribution in [0, 0.1) is 0 Å². The first-order valence-electron chi connectivity index (χ1n) is 8.16. The lowest BCUT2D eigenvalue weighted by Gasteiger charge is -2.30. The van der Waals surface area contributed by atoms with Crippen LogP contribution in [-0.2, 0) is 11.3 Å². The Morgan fingerprint density at radius 3 is 2.96 bits per heavy atom. The van der Waals surface area contributed by atoms with E-state index < -0.39 is 5.97 Å². The number of nitrogen functional groups attached to an aromatic ring is 1. The molecule has 0 spiro atoms. The van der Waals surface area contributed by atoms with Crippen molar-refractivity contribution in [1.29, 1.82) is 0 Å². The molecule has 0 aliphatic carbocycles. The fourth-order valence-corrected chi connectivity index (χ4v) is 3.06. The molecule has 0 radical (unpaired) electrons. The second-order valence-electron chi connectivity index (χ2n) is 5.97. The number of nitrogens with zero attached hydrogens (tertiary/aromatic N) is 5. The van der Waals surface area contributed by atoms with Crippen LogP contribution in [0.5, 0.6) is 0 Å². The number of carbonyl (C=O) groups excluding carboxylic acids is 1. The van der Waals surface area contributed by atoms with E-state index in [1.165, 1.54) is 16.0 Å². The summed E-state index contributed by atoms with van der Waals surface area (Å²) in [5, 5.41) is 15.3. The van der Waals surface area contributed by atoms with Gasteiger partial charge in [-0.05, 0) is 43.4 Å². The number of likely N-dealkylation sites (tertiary alicyclic amines) is 1. The van der Waals surface area contributed by atoms with Crippen molar-refractivity contribution in [3.05, 3.63) is 11.4 Å². The molecule has 10 heteroatoms. The van der Waals surface area contributed by atoms with E-state index in [4.69, 9.17) is 10.5 Å². The molecule has 0 saturated carbocycles. The van der Waals surface area contributed by atoms with Gasteiger partial charge in [0.2, 0.25) is 11.6 Å². The minimum absolute atomic E-state index is 0.0956. The first kappa shape index (κ1) is 16.4. The van der Waals surface area contributed by atoms with Crippen molar-refractivity contribution >= 4 is 11.8 Å². The third-order valence-corrected chi connectivity index (χ3v) is 4.40. The average Bonchev–Trinajstić information content (AvgIpc) is 3.16. The summed E-state index contributed by atoms with van der Waals surface area (Å²) in [6.07, 6.45) is 3.54. The van der Waals surface area contributed by atoms with Gasteiger partial charge in [0.1, 0.15) is 12.2 Å². The van der Waals surface area contributed by atoms with E-state index >= 15 is 0 Å². The number of hydrogen-bond donors (Lipinski definition) is 2. The lowest BCUT2D eigenvalue weighted by molar-refractivity contribution is -0.942. The number of quaternary nitrogens is 1. The first-order valence-corrected chi connectivity index (χ1v) is 8.16. The minimum Gasteiger partial charge on any atom is -0.461 e. The molecule has 130 valence electrons. The van der Waals surface area contributed by atoms with Gasteiger partial charge in [0.25, 0.3) is 0 Å². The lowest BCUT2D eigenvalue weighted by atomic mass is 10.0. The summed E-state index contributed by atoms with van der Waals surface area (Å²) in [4.78, 5) is 13.6. The van der Waals surface area contributed by atoms with Crippen molar-refractivity contribution in [2.75, 3.05) is 18.9 Å². The van der Waals surface area contributed by atoms with Gasteiger partial charge in [0.15, 0.2) is 5.69 Å². The van der Waals surface area contributed by atoms with Crippen LogP contribution in [0.25, 0.3) is 5.82 Å². The average molecular weight is 336 g/mol. The number of nitrogens with one attached hydrogen (secondary N) is 1. The molecule has 3 heterocycles. The number of hydrogen-bond acceptors (Lipinski definition) is 8. The highest BCUT2D eigenvalue weighted by Crippen LogP contribution is 2.16. The third kappa shape index (κ3) is 3.09. The number of nitrogens with two attached hydrogens (primary N) is 1. The van der Waals surface area contributed by atoms with Crippen molar-refractivity contribution in [1.82, 2.24) is 25.3 Å². The Kier molecular flexibility index (Phi) is 4.74. The fraction of sp³-hybridized carbons (Fsp3) is 0.643. The predicted octanol–water partition coefficient (Wildman–Crippen LogP) is -0.633. The fourth-order valence-electron chi connectivity index (χ4n) is 3.06. The smallest absolute Gasteiger partial charge is 0.361 e. The number of rotatable bonds is 5. The SMILES string of the molecule is CCOC(=O)c1nnn(-c2nonc2N)c1C[NH+]1CCCC[C@H]1C. The predicted molar refractivity (Wildman–Crippen MR) is 82.4 cm³/mol. The molecule has 3 N–H and O–H groups in total. The van der Waals surface area contributed by atoms with E-state index in [1.807, 2.05) is 0 Å².